The van der Waals surface area contributed by atoms with Crippen LogP contribution in [-0.4, -0.2) is 39.8 Å². The van der Waals surface area contributed by atoms with Crippen molar-refractivity contribution in [2.75, 3.05) is 25.5 Å². The van der Waals surface area contributed by atoms with E-state index in [2.05, 4.69) is 10.1 Å². The lowest BCUT2D eigenvalue weighted by atomic mass is 10.1. The fraction of sp³-hybridized carbons (Fsp3) is 0.235. The first-order valence-electron chi connectivity index (χ1n) is 7.74. The minimum absolute atomic E-state index is 0.0297. The van der Waals surface area contributed by atoms with Gasteiger partial charge in [0.2, 0.25) is 0 Å². The average Bonchev–Trinajstić information content (AvgIpc) is 2.94. The first kappa shape index (κ1) is 16.8. The van der Waals surface area contributed by atoms with Gasteiger partial charge in [0.15, 0.2) is 5.65 Å². The van der Waals surface area contributed by atoms with Gasteiger partial charge >= 0.3 is 5.69 Å². The fourth-order valence-corrected chi connectivity index (χ4v) is 2.46. The number of fused-ring (bicyclic) bond motifs is 1. The maximum absolute atomic E-state index is 12.7. The minimum Gasteiger partial charge on any atom is -0.363 e. The zero-order chi connectivity index (χ0) is 18.0. The van der Waals surface area contributed by atoms with Crippen LogP contribution in [0.1, 0.15) is 0 Å². The molecule has 3 aromatic rings. The zero-order valence-electron chi connectivity index (χ0n) is 14.1. The second-order valence-corrected chi connectivity index (χ2v) is 5.85. The highest BCUT2D eigenvalue weighted by molar-refractivity contribution is 5.67. The van der Waals surface area contributed by atoms with Crippen molar-refractivity contribution in [1.82, 2.24) is 19.2 Å². The Labute approximate surface area is 143 Å². The molecular weight excluding hydrogens is 323 g/mol. The molecule has 0 saturated carbocycles. The van der Waals surface area contributed by atoms with Gasteiger partial charge in [0.25, 0.3) is 0 Å². The number of halogens is 1. The maximum Gasteiger partial charge on any atom is 0.350 e. The molecular formula is C17H19FN6O. The van der Waals surface area contributed by atoms with Gasteiger partial charge in [0.1, 0.15) is 5.82 Å². The van der Waals surface area contributed by atoms with Crippen LogP contribution in [0.2, 0.25) is 0 Å². The van der Waals surface area contributed by atoms with Crippen LogP contribution >= 0.6 is 0 Å². The summed E-state index contributed by atoms with van der Waals surface area (Å²) in [5, 5.41) is 4.26. The summed E-state index contributed by atoms with van der Waals surface area (Å²) in [5.41, 5.74) is 7.69. The summed E-state index contributed by atoms with van der Waals surface area (Å²) in [6.45, 7) is 0.0634. The van der Waals surface area contributed by atoms with Crippen molar-refractivity contribution >= 4 is 11.5 Å². The highest BCUT2D eigenvalue weighted by Gasteiger charge is 2.10. The fourth-order valence-electron chi connectivity index (χ4n) is 2.46. The Morgan fingerprint density at radius 3 is 2.72 bits per heavy atom. The Hall–Kier alpha value is -3.00. The summed E-state index contributed by atoms with van der Waals surface area (Å²) in [5.74, 6) is 0.859. The number of anilines is 1. The Balaban J connectivity index is 1.98. The van der Waals surface area contributed by atoms with E-state index in [0.29, 0.717) is 17.6 Å². The second-order valence-electron chi connectivity index (χ2n) is 5.85. The zero-order valence-corrected chi connectivity index (χ0v) is 14.1. The maximum atomic E-state index is 12.7. The molecule has 0 atom stereocenters. The van der Waals surface area contributed by atoms with E-state index < -0.39 is 0 Å². The lowest BCUT2D eigenvalue weighted by molar-refractivity contribution is 0.616. The van der Waals surface area contributed by atoms with Crippen LogP contribution in [0.25, 0.3) is 16.8 Å². The summed E-state index contributed by atoms with van der Waals surface area (Å²) in [4.78, 5) is 18.6. The molecule has 2 N–H and O–H groups in total. The Morgan fingerprint density at radius 2 is 2.12 bits per heavy atom. The third-order valence-electron chi connectivity index (χ3n) is 3.89. The van der Waals surface area contributed by atoms with Crippen LogP contribution in [0.4, 0.5) is 10.2 Å². The first-order chi connectivity index (χ1) is 12.0. The molecule has 8 heteroatoms. The van der Waals surface area contributed by atoms with Crippen LogP contribution < -0.4 is 16.3 Å². The molecule has 0 fully saturated rings. The summed E-state index contributed by atoms with van der Waals surface area (Å²) in [7, 11) is 3.85. The quantitative estimate of drug-likeness (QED) is 0.759. The number of aromatic nitrogens is 4. The van der Waals surface area contributed by atoms with E-state index in [9.17, 15) is 9.18 Å². The topological polar surface area (TPSA) is 81.5 Å². The molecule has 0 unspecified atom stereocenters. The third kappa shape index (κ3) is 3.29. The van der Waals surface area contributed by atoms with E-state index in [0.717, 1.165) is 16.9 Å². The number of nitrogens with two attached hydrogens (primary N) is 1. The molecule has 0 aliphatic rings. The van der Waals surface area contributed by atoms with E-state index >= 15 is 0 Å². The molecule has 3 rings (SSSR count). The van der Waals surface area contributed by atoms with Gasteiger partial charge in [-0.05, 0) is 35.4 Å². The minimum atomic E-state index is -0.338. The smallest absolute Gasteiger partial charge is 0.350 e. The van der Waals surface area contributed by atoms with E-state index in [1.54, 1.807) is 18.5 Å². The van der Waals surface area contributed by atoms with Gasteiger partial charge in [-0.3, -0.25) is 4.40 Å². The van der Waals surface area contributed by atoms with Crippen molar-refractivity contribution in [1.29, 1.82) is 0 Å². The molecule has 0 amide bonds. The van der Waals surface area contributed by atoms with Crippen molar-refractivity contribution in [2.24, 2.45) is 5.73 Å². The third-order valence-corrected chi connectivity index (χ3v) is 3.89. The molecule has 7 nitrogen and oxygen atoms in total. The summed E-state index contributed by atoms with van der Waals surface area (Å²) in [6, 6.07) is 7.50. The van der Waals surface area contributed by atoms with Crippen LogP contribution in [0.15, 0.2) is 53.4 Å². The molecule has 0 saturated heterocycles. The molecule has 0 aliphatic heterocycles. The number of hydrogen-bond donors (Lipinski definition) is 1. The van der Waals surface area contributed by atoms with Crippen molar-refractivity contribution in [2.45, 2.75) is 6.54 Å². The normalized spacial score (nSPS) is 11.9. The van der Waals surface area contributed by atoms with Gasteiger partial charge in [-0.2, -0.15) is 0 Å². The van der Waals surface area contributed by atoms with Crippen LogP contribution in [-0.2, 0) is 6.54 Å². The number of nitrogens with zero attached hydrogens (tertiary/aromatic N) is 5. The highest BCUT2D eigenvalue weighted by Crippen LogP contribution is 2.21. The SMILES string of the molecule is CN(C)c1ccc(-c2ccn3c(=O)n(C/C(=C/F)CN)nc3c2)cn1. The van der Waals surface area contributed by atoms with E-state index in [4.69, 9.17) is 5.73 Å². The van der Waals surface area contributed by atoms with Gasteiger partial charge in [0, 0.05) is 38.6 Å². The summed E-state index contributed by atoms with van der Waals surface area (Å²) >= 11 is 0. The van der Waals surface area contributed by atoms with E-state index in [1.165, 1.54) is 9.08 Å². The van der Waals surface area contributed by atoms with Crippen LogP contribution in [0.3, 0.4) is 0 Å². The average molecular weight is 342 g/mol. The molecule has 0 bridgehead atoms. The van der Waals surface area contributed by atoms with E-state index in [1.807, 2.05) is 37.2 Å². The highest BCUT2D eigenvalue weighted by atomic mass is 19.1. The van der Waals surface area contributed by atoms with Crippen molar-refractivity contribution < 1.29 is 4.39 Å². The molecule has 3 aromatic heterocycles. The lowest BCUT2D eigenvalue weighted by Crippen LogP contribution is -2.23. The molecule has 3 heterocycles. The standard InChI is InChI=1S/C17H19FN6O/c1-22(2)15-4-3-14(10-20-15)13-5-6-23-16(7-13)21-24(17(23)25)11-12(8-18)9-19/h3-8,10H,9,11,19H2,1-2H3/b12-8+. The van der Waals surface area contributed by atoms with Gasteiger partial charge in [-0.15, -0.1) is 5.10 Å². The van der Waals surface area contributed by atoms with Gasteiger partial charge in [0.05, 0.1) is 12.9 Å². The molecule has 130 valence electrons. The molecule has 0 radical (unpaired) electrons. The molecule has 0 spiro atoms. The second kappa shape index (κ2) is 6.86. The number of hydrogen-bond acceptors (Lipinski definition) is 5. The van der Waals surface area contributed by atoms with Crippen molar-refractivity contribution in [3.05, 3.63) is 59.0 Å². The predicted octanol–water partition coefficient (Wildman–Crippen LogP) is 1.44. The van der Waals surface area contributed by atoms with Crippen LogP contribution in [0.5, 0.6) is 0 Å². The number of rotatable bonds is 5. The Kier molecular flexibility index (Phi) is 4.62. The van der Waals surface area contributed by atoms with E-state index in [-0.39, 0.29) is 18.8 Å². The predicted molar refractivity (Wildman–Crippen MR) is 95.3 cm³/mol. The van der Waals surface area contributed by atoms with Crippen LogP contribution in [0, 0.1) is 0 Å². The van der Waals surface area contributed by atoms with Gasteiger partial charge < -0.3 is 10.6 Å². The molecule has 25 heavy (non-hydrogen) atoms. The first-order valence-corrected chi connectivity index (χ1v) is 7.74. The Bertz CT molecular complexity index is 971. The van der Waals surface area contributed by atoms with Gasteiger partial charge in [-0.25, -0.2) is 18.9 Å². The van der Waals surface area contributed by atoms with Gasteiger partial charge in [-0.1, -0.05) is 0 Å². The monoisotopic (exact) mass is 342 g/mol. The molecule has 0 aliphatic carbocycles. The van der Waals surface area contributed by atoms with Crippen molar-refractivity contribution in [3.8, 4) is 11.1 Å². The summed E-state index contributed by atoms with van der Waals surface area (Å²) < 4.78 is 15.3. The summed E-state index contributed by atoms with van der Waals surface area (Å²) in [6.07, 6.45) is 3.84. The number of pyridine rings is 2. The largest absolute Gasteiger partial charge is 0.363 e. The lowest BCUT2D eigenvalue weighted by Gasteiger charge is -2.11. The molecule has 0 aromatic carbocycles. The van der Waals surface area contributed by atoms with Crippen molar-refractivity contribution in [3.63, 3.8) is 0 Å². The Morgan fingerprint density at radius 1 is 1.32 bits per heavy atom.